The Kier molecular flexibility index (Phi) is 5.17. The highest BCUT2D eigenvalue weighted by Gasteiger charge is 2.44. The molecule has 2 nitrogen and oxygen atoms in total. The third-order valence-electron chi connectivity index (χ3n) is 4.94. The Morgan fingerprint density at radius 1 is 1.33 bits per heavy atom. The van der Waals surface area contributed by atoms with Gasteiger partial charge in [0.25, 0.3) is 0 Å². The molecule has 0 heterocycles. The minimum atomic E-state index is 0.128. The molecule has 2 N–H and O–H groups in total. The zero-order valence-electron chi connectivity index (χ0n) is 13.8. The lowest BCUT2D eigenvalue weighted by Gasteiger charge is -2.52. The summed E-state index contributed by atoms with van der Waals surface area (Å²) in [5.41, 5.74) is 8.10. The molecule has 2 rings (SSSR count). The maximum atomic E-state index is 6.26. The molecule has 0 saturated heterocycles. The van der Waals surface area contributed by atoms with Gasteiger partial charge in [0, 0.05) is 23.1 Å². The second kappa shape index (κ2) is 6.39. The highest BCUT2D eigenvalue weighted by atomic mass is 79.9. The number of hydrogen-bond donors (Lipinski definition) is 1. The van der Waals surface area contributed by atoms with Crippen molar-refractivity contribution in [3.8, 4) is 0 Å². The van der Waals surface area contributed by atoms with Crippen LogP contribution in [0.4, 0.5) is 0 Å². The number of hydrogen-bond acceptors (Lipinski definition) is 2. The quantitative estimate of drug-likeness (QED) is 0.868. The Morgan fingerprint density at radius 3 is 2.62 bits per heavy atom. The van der Waals surface area contributed by atoms with Crippen molar-refractivity contribution in [2.45, 2.75) is 52.1 Å². The van der Waals surface area contributed by atoms with Crippen molar-refractivity contribution in [3.05, 3.63) is 34.3 Å². The summed E-state index contributed by atoms with van der Waals surface area (Å²) in [6.07, 6.45) is 3.70. The molecule has 0 amide bonds. The highest BCUT2D eigenvalue weighted by Crippen LogP contribution is 2.46. The summed E-state index contributed by atoms with van der Waals surface area (Å²) in [4.78, 5) is 2.49. The standard InChI is InChI=1S/C18H29BrN2/c1-14-9-17(2,3)12-18(10-14,13-20)21(4)11-15-6-5-7-16(19)8-15/h5-8,14H,9-13,20H2,1-4H3. The van der Waals surface area contributed by atoms with Gasteiger partial charge in [0.2, 0.25) is 0 Å². The minimum absolute atomic E-state index is 0.128. The van der Waals surface area contributed by atoms with Crippen LogP contribution in [0, 0.1) is 11.3 Å². The largest absolute Gasteiger partial charge is 0.329 e. The fourth-order valence-corrected chi connectivity index (χ4v) is 4.82. The van der Waals surface area contributed by atoms with Crippen LogP contribution in [0.2, 0.25) is 0 Å². The molecule has 0 bridgehead atoms. The molecule has 1 aromatic rings. The van der Waals surface area contributed by atoms with Crippen molar-refractivity contribution < 1.29 is 0 Å². The zero-order chi connectivity index (χ0) is 15.7. The van der Waals surface area contributed by atoms with Crippen LogP contribution in [-0.2, 0) is 6.54 Å². The summed E-state index contributed by atoms with van der Waals surface area (Å²) in [5.74, 6) is 0.738. The van der Waals surface area contributed by atoms with Gasteiger partial charge < -0.3 is 5.73 Å². The Hall–Kier alpha value is -0.380. The van der Waals surface area contributed by atoms with Gasteiger partial charge in [-0.25, -0.2) is 0 Å². The Labute approximate surface area is 138 Å². The minimum Gasteiger partial charge on any atom is -0.329 e. The Bertz CT molecular complexity index is 486. The van der Waals surface area contributed by atoms with Gasteiger partial charge in [0.05, 0.1) is 0 Å². The van der Waals surface area contributed by atoms with E-state index < -0.39 is 0 Å². The van der Waals surface area contributed by atoms with E-state index in [0.717, 1.165) is 23.5 Å². The first-order valence-electron chi connectivity index (χ1n) is 7.92. The summed E-state index contributed by atoms with van der Waals surface area (Å²) < 4.78 is 1.15. The predicted octanol–water partition coefficient (Wildman–Crippen LogP) is 4.42. The molecule has 1 aliphatic carbocycles. The number of rotatable bonds is 4. The average molecular weight is 353 g/mol. The predicted molar refractivity (Wildman–Crippen MR) is 94.2 cm³/mol. The molecular weight excluding hydrogens is 324 g/mol. The summed E-state index contributed by atoms with van der Waals surface area (Å²) in [7, 11) is 2.24. The molecule has 0 radical (unpaired) electrons. The van der Waals surface area contributed by atoms with Crippen molar-refractivity contribution >= 4 is 15.9 Å². The molecule has 0 spiro atoms. The third-order valence-corrected chi connectivity index (χ3v) is 5.43. The molecule has 1 aliphatic rings. The average Bonchev–Trinajstić information content (AvgIpc) is 2.36. The van der Waals surface area contributed by atoms with Gasteiger partial charge in [-0.15, -0.1) is 0 Å². The molecule has 118 valence electrons. The van der Waals surface area contributed by atoms with Gasteiger partial charge in [0.15, 0.2) is 0 Å². The third kappa shape index (κ3) is 4.08. The van der Waals surface area contributed by atoms with Gasteiger partial charge >= 0.3 is 0 Å². The normalized spacial score (nSPS) is 28.8. The van der Waals surface area contributed by atoms with Crippen molar-refractivity contribution in [1.29, 1.82) is 0 Å². The van der Waals surface area contributed by atoms with E-state index in [9.17, 15) is 0 Å². The van der Waals surface area contributed by atoms with Crippen molar-refractivity contribution in [2.24, 2.45) is 17.1 Å². The molecule has 0 aliphatic heterocycles. The molecule has 1 fully saturated rings. The molecule has 2 unspecified atom stereocenters. The van der Waals surface area contributed by atoms with Crippen LogP contribution >= 0.6 is 15.9 Å². The second-order valence-corrected chi connectivity index (χ2v) is 8.68. The van der Waals surface area contributed by atoms with Crippen molar-refractivity contribution in [1.82, 2.24) is 4.90 Å². The van der Waals surface area contributed by atoms with E-state index in [0.29, 0.717) is 5.41 Å². The van der Waals surface area contributed by atoms with Gasteiger partial charge in [-0.3, -0.25) is 4.90 Å². The van der Waals surface area contributed by atoms with E-state index in [-0.39, 0.29) is 5.54 Å². The summed E-state index contributed by atoms with van der Waals surface area (Å²) >= 11 is 3.56. The molecule has 1 aromatic carbocycles. The van der Waals surface area contributed by atoms with E-state index in [1.54, 1.807) is 0 Å². The van der Waals surface area contributed by atoms with Crippen LogP contribution in [0.5, 0.6) is 0 Å². The Morgan fingerprint density at radius 2 is 2.05 bits per heavy atom. The van der Waals surface area contributed by atoms with Crippen LogP contribution < -0.4 is 5.73 Å². The smallest absolute Gasteiger partial charge is 0.0339 e. The monoisotopic (exact) mass is 352 g/mol. The maximum absolute atomic E-state index is 6.26. The van der Waals surface area contributed by atoms with E-state index in [2.05, 4.69) is 72.9 Å². The van der Waals surface area contributed by atoms with Crippen LogP contribution in [0.15, 0.2) is 28.7 Å². The fourth-order valence-electron chi connectivity index (χ4n) is 4.38. The molecule has 21 heavy (non-hydrogen) atoms. The van der Waals surface area contributed by atoms with E-state index in [4.69, 9.17) is 5.73 Å². The lowest BCUT2D eigenvalue weighted by molar-refractivity contribution is -0.00114. The van der Waals surface area contributed by atoms with Gasteiger partial charge in [-0.1, -0.05) is 48.8 Å². The van der Waals surface area contributed by atoms with E-state index in [1.807, 2.05) is 0 Å². The lowest BCUT2D eigenvalue weighted by atomic mass is 9.63. The first-order chi connectivity index (χ1) is 9.76. The molecule has 3 heteroatoms. The first-order valence-corrected chi connectivity index (χ1v) is 8.71. The number of benzene rings is 1. The lowest BCUT2D eigenvalue weighted by Crippen LogP contribution is -2.57. The summed E-state index contributed by atoms with van der Waals surface area (Å²) in [6, 6.07) is 8.59. The van der Waals surface area contributed by atoms with E-state index >= 15 is 0 Å². The molecule has 2 atom stereocenters. The number of halogens is 1. The molecule has 1 saturated carbocycles. The fraction of sp³-hybridized carbons (Fsp3) is 0.667. The Balaban J connectivity index is 2.19. The summed E-state index contributed by atoms with van der Waals surface area (Å²) in [5, 5.41) is 0. The topological polar surface area (TPSA) is 29.3 Å². The molecule has 0 aromatic heterocycles. The van der Waals surface area contributed by atoms with Crippen molar-refractivity contribution in [3.63, 3.8) is 0 Å². The van der Waals surface area contributed by atoms with Crippen LogP contribution in [-0.4, -0.2) is 24.0 Å². The first kappa shape index (κ1) is 17.0. The second-order valence-electron chi connectivity index (χ2n) is 7.77. The number of nitrogens with two attached hydrogens (primary N) is 1. The SMILES string of the molecule is CC1CC(C)(C)CC(CN)(N(C)Cc2cccc(Br)c2)C1. The van der Waals surface area contributed by atoms with Crippen LogP contribution in [0.25, 0.3) is 0 Å². The van der Waals surface area contributed by atoms with Crippen LogP contribution in [0.3, 0.4) is 0 Å². The van der Waals surface area contributed by atoms with Gasteiger partial charge in [-0.2, -0.15) is 0 Å². The van der Waals surface area contributed by atoms with Crippen molar-refractivity contribution in [2.75, 3.05) is 13.6 Å². The highest BCUT2D eigenvalue weighted by molar-refractivity contribution is 9.10. The summed E-state index contributed by atoms with van der Waals surface area (Å²) in [6.45, 7) is 8.85. The van der Waals surface area contributed by atoms with Crippen LogP contribution in [0.1, 0.15) is 45.6 Å². The maximum Gasteiger partial charge on any atom is 0.0339 e. The van der Waals surface area contributed by atoms with E-state index in [1.165, 1.54) is 24.8 Å². The number of likely N-dealkylation sites (N-methyl/N-ethyl adjacent to an activating group) is 1. The van der Waals surface area contributed by atoms with Gasteiger partial charge in [0.1, 0.15) is 0 Å². The number of nitrogens with zero attached hydrogens (tertiary/aromatic N) is 1. The van der Waals surface area contributed by atoms with Gasteiger partial charge in [-0.05, 0) is 55.3 Å². The molecular formula is C18H29BrN2. The zero-order valence-corrected chi connectivity index (χ0v) is 15.4.